The lowest BCUT2D eigenvalue weighted by atomic mass is 10.1. The molecule has 3 amide bonds. The SMILES string of the molecule is COc1ccccc1NC(=O)COc1ccc(/C=C2\SC(=O)N(Cc3ccccc3Cl)C2=O)cc1OC. The second-order valence-electron chi connectivity index (χ2n) is 7.81. The van der Waals surface area contributed by atoms with Crippen LogP contribution in [-0.2, 0) is 16.1 Å². The third-order valence-electron chi connectivity index (χ3n) is 5.39. The molecule has 0 saturated carbocycles. The zero-order chi connectivity index (χ0) is 26.4. The van der Waals surface area contributed by atoms with Gasteiger partial charge in [-0.05, 0) is 59.3 Å². The van der Waals surface area contributed by atoms with Gasteiger partial charge in [0.15, 0.2) is 18.1 Å². The van der Waals surface area contributed by atoms with E-state index in [1.165, 1.54) is 14.2 Å². The van der Waals surface area contributed by atoms with Crippen LogP contribution < -0.4 is 19.5 Å². The summed E-state index contributed by atoms with van der Waals surface area (Å²) in [7, 11) is 2.99. The Morgan fingerprint density at radius 1 is 0.973 bits per heavy atom. The van der Waals surface area contributed by atoms with Gasteiger partial charge in [-0.2, -0.15) is 0 Å². The topological polar surface area (TPSA) is 94.2 Å². The number of rotatable bonds is 9. The number of hydrogen-bond acceptors (Lipinski definition) is 7. The van der Waals surface area contributed by atoms with Crippen molar-refractivity contribution < 1.29 is 28.6 Å². The summed E-state index contributed by atoms with van der Waals surface area (Å²) in [6.45, 7) is -0.163. The van der Waals surface area contributed by atoms with E-state index < -0.39 is 5.91 Å². The third kappa shape index (κ3) is 6.25. The molecule has 0 aromatic heterocycles. The van der Waals surface area contributed by atoms with Crippen LogP contribution in [0.2, 0.25) is 5.02 Å². The molecule has 0 aliphatic carbocycles. The number of amides is 3. The number of nitrogens with one attached hydrogen (secondary N) is 1. The maximum Gasteiger partial charge on any atom is 0.293 e. The molecular weight excluding hydrogens is 516 g/mol. The molecule has 0 bridgehead atoms. The summed E-state index contributed by atoms with van der Waals surface area (Å²) < 4.78 is 16.3. The lowest BCUT2D eigenvalue weighted by Gasteiger charge is -2.13. The summed E-state index contributed by atoms with van der Waals surface area (Å²) >= 11 is 7.04. The van der Waals surface area contributed by atoms with Gasteiger partial charge in [0.05, 0.1) is 31.4 Å². The Balaban J connectivity index is 1.43. The van der Waals surface area contributed by atoms with Gasteiger partial charge < -0.3 is 19.5 Å². The predicted molar refractivity (Wildman–Crippen MR) is 143 cm³/mol. The Bertz CT molecular complexity index is 1380. The highest BCUT2D eigenvalue weighted by Gasteiger charge is 2.35. The molecule has 0 spiro atoms. The van der Waals surface area contributed by atoms with Crippen molar-refractivity contribution in [3.63, 3.8) is 0 Å². The van der Waals surface area contributed by atoms with Crippen molar-refractivity contribution >= 4 is 52.2 Å². The maximum absolute atomic E-state index is 12.9. The summed E-state index contributed by atoms with van der Waals surface area (Å²) in [5, 5.41) is 2.86. The fourth-order valence-corrected chi connectivity index (χ4v) is 4.59. The first-order chi connectivity index (χ1) is 17.9. The van der Waals surface area contributed by atoms with Gasteiger partial charge in [-0.1, -0.05) is 48.0 Å². The van der Waals surface area contributed by atoms with Crippen LogP contribution in [-0.4, -0.2) is 42.8 Å². The van der Waals surface area contributed by atoms with E-state index >= 15 is 0 Å². The number of para-hydroxylation sites is 2. The largest absolute Gasteiger partial charge is 0.495 e. The van der Waals surface area contributed by atoms with Gasteiger partial charge in [-0.25, -0.2) is 0 Å². The molecule has 10 heteroatoms. The Morgan fingerprint density at radius 2 is 1.70 bits per heavy atom. The third-order valence-corrected chi connectivity index (χ3v) is 6.66. The Labute approximate surface area is 223 Å². The molecule has 4 rings (SSSR count). The number of benzene rings is 3. The molecule has 1 aliphatic heterocycles. The molecule has 37 heavy (non-hydrogen) atoms. The lowest BCUT2D eigenvalue weighted by Crippen LogP contribution is -2.27. The first kappa shape index (κ1) is 26.1. The molecule has 1 aliphatic rings. The minimum absolute atomic E-state index is 0.0920. The highest BCUT2D eigenvalue weighted by Crippen LogP contribution is 2.36. The minimum Gasteiger partial charge on any atom is -0.495 e. The van der Waals surface area contributed by atoms with Crippen LogP contribution in [0, 0.1) is 0 Å². The van der Waals surface area contributed by atoms with E-state index in [0.29, 0.717) is 39.1 Å². The number of ether oxygens (including phenoxy) is 3. The number of imide groups is 1. The highest BCUT2D eigenvalue weighted by molar-refractivity contribution is 8.18. The van der Waals surface area contributed by atoms with Crippen molar-refractivity contribution in [2.45, 2.75) is 6.54 Å². The number of anilines is 1. The van der Waals surface area contributed by atoms with Gasteiger partial charge in [-0.15, -0.1) is 0 Å². The number of halogens is 1. The smallest absolute Gasteiger partial charge is 0.293 e. The predicted octanol–water partition coefficient (Wildman–Crippen LogP) is 5.61. The Hall–Kier alpha value is -3.95. The number of thioether (sulfide) groups is 1. The lowest BCUT2D eigenvalue weighted by molar-refractivity contribution is -0.123. The average molecular weight is 539 g/mol. The van der Waals surface area contributed by atoms with E-state index in [2.05, 4.69) is 5.32 Å². The molecule has 3 aromatic rings. The molecule has 1 saturated heterocycles. The van der Waals surface area contributed by atoms with Gasteiger partial charge >= 0.3 is 0 Å². The van der Waals surface area contributed by atoms with E-state index in [4.69, 9.17) is 25.8 Å². The number of carbonyl (C=O) groups excluding carboxylic acids is 3. The van der Waals surface area contributed by atoms with Gasteiger partial charge in [-0.3, -0.25) is 19.3 Å². The first-order valence-electron chi connectivity index (χ1n) is 11.1. The molecule has 0 atom stereocenters. The standard InChI is InChI=1S/C27H23ClN2O6S/c1-34-21-10-6-5-9-20(21)29-25(31)16-36-22-12-11-17(13-23(22)35-2)14-24-26(32)30(27(33)37-24)15-18-7-3-4-8-19(18)28/h3-14H,15-16H2,1-2H3,(H,29,31)/b24-14-. The zero-order valence-electron chi connectivity index (χ0n) is 20.0. The quantitative estimate of drug-likeness (QED) is 0.354. The van der Waals surface area contributed by atoms with E-state index in [-0.39, 0.29) is 29.2 Å². The van der Waals surface area contributed by atoms with E-state index in [0.717, 1.165) is 16.7 Å². The summed E-state index contributed by atoms with van der Waals surface area (Å²) in [6.07, 6.45) is 1.61. The molecule has 1 fully saturated rings. The summed E-state index contributed by atoms with van der Waals surface area (Å²) in [5.41, 5.74) is 1.85. The van der Waals surface area contributed by atoms with Gasteiger partial charge in [0.25, 0.3) is 17.1 Å². The molecule has 1 N–H and O–H groups in total. The Kier molecular flexibility index (Phi) is 8.37. The number of carbonyl (C=O) groups is 3. The van der Waals surface area contributed by atoms with E-state index in [9.17, 15) is 14.4 Å². The second-order valence-corrected chi connectivity index (χ2v) is 9.21. The highest BCUT2D eigenvalue weighted by atomic mass is 35.5. The fourth-order valence-electron chi connectivity index (χ4n) is 3.56. The van der Waals surface area contributed by atoms with Crippen LogP contribution in [0.5, 0.6) is 17.2 Å². The van der Waals surface area contributed by atoms with Gasteiger partial charge in [0, 0.05) is 5.02 Å². The number of methoxy groups -OCH3 is 2. The maximum atomic E-state index is 12.9. The number of hydrogen-bond donors (Lipinski definition) is 1. The van der Waals surface area contributed by atoms with Crippen LogP contribution in [0.3, 0.4) is 0 Å². The molecule has 8 nitrogen and oxygen atoms in total. The summed E-state index contributed by atoms with van der Waals surface area (Å²) in [4.78, 5) is 39.2. The fraction of sp³-hybridized carbons (Fsp3) is 0.148. The van der Waals surface area contributed by atoms with Crippen LogP contribution in [0.25, 0.3) is 6.08 Å². The van der Waals surface area contributed by atoms with Gasteiger partial charge in [0.1, 0.15) is 5.75 Å². The number of nitrogens with zero attached hydrogens (tertiary/aromatic N) is 1. The summed E-state index contributed by atoms with van der Waals surface area (Å²) in [6, 6.07) is 19.1. The van der Waals surface area contributed by atoms with Crippen LogP contribution in [0.4, 0.5) is 10.5 Å². The van der Waals surface area contributed by atoms with Crippen LogP contribution in [0.1, 0.15) is 11.1 Å². The van der Waals surface area contributed by atoms with Crippen molar-refractivity contribution in [2.24, 2.45) is 0 Å². The van der Waals surface area contributed by atoms with Crippen molar-refractivity contribution in [1.29, 1.82) is 0 Å². The molecule has 1 heterocycles. The second kappa shape index (κ2) is 11.9. The van der Waals surface area contributed by atoms with Crippen molar-refractivity contribution in [3.8, 4) is 17.2 Å². The normalized spacial score (nSPS) is 14.1. The van der Waals surface area contributed by atoms with E-state index in [1.54, 1.807) is 72.8 Å². The van der Waals surface area contributed by atoms with E-state index in [1.807, 2.05) is 0 Å². The van der Waals surface area contributed by atoms with Crippen LogP contribution in [0.15, 0.2) is 71.6 Å². The van der Waals surface area contributed by atoms with Crippen molar-refractivity contribution in [1.82, 2.24) is 4.90 Å². The molecule has 3 aromatic carbocycles. The average Bonchev–Trinajstić information content (AvgIpc) is 3.16. The van der Waals surface area contributed by atoms with Gasteiger partial charge in [0.2, 0.25) is 0 Å². The minimum atomic E-state index is -0.401. The van der Waals surface area contributed by atoms with Crippen molar-refractivity contribution in [3.05, 3.63) is 87.8 Å². The monoisotopic (exact) mass is 538 g/mol. The molecule has 190 valence electrons. The zero-order valence-corrected chi connectivity index (χ0v) is 21.6. The summed E-state index contributed by atoms with van der Waals surface area (Å²) in [5.74, 6) is 0.481. The Morgan fingerprint density at radius 3 is 2.46 bits per heavy atom. The molecule has 0 radical (unpaired) electrons. The molecular formula is C27H23ClN2O6S. The van der Waals surface area contributed by atoms with Crippen LogP contribution >= 0.6 is 23.4 Å². The first-order valence-corrected chi connectivity index (χ1v) is 12.3. The molecule has 0 unspecified atom stereocenters. The van der Waals surface area contributed by atoms with Crippen molar-refractivity contribution in [2.75, 3.05) is 26.1 Å².